The molecule has 0 spiro atoms. The van der Waals surface area contributed by atoms with Gasteiger partial charge in [-0.15, -0.1) is 0 Å². The van der Waals surface area contributed by atoms with E-state index in [1.165, 1.54) is 5.56 Å². The number of aliphatic hydroxyl groups excluding tert-OH is 1. The first-order valence-corrected chi connectivity index (χ1v) is 12.5. The fourth-order valence-electron chi connectivity index (χ4n) is 4.10. The Bertz CT molecular complexity index is 1210. The number of aryl methyl sites for hydroxylation is 1. The van der Waals surface area contributed by atoms with Crippen molar-refractivity contribution >= 4 is 22.6 Å². The zero-order chi connectivity index (χ0) is 24.3. The third-order valence-corrected chi connectivity index (χ3v) is 7.09. The zero-order valence-corrected chi connectivity index (χ0v) is 20.4. The summed E-state index contributed by atoms with van der Waals surface area (Å²) in [5.41, 5.74) is 3.35. The van der Waals surface area contributed by atoms with Gasteiger partial charge in [0.1, 0.15) is 22.3 Å². The largest absolute Gasteiger partial charge is 0.487 e. The van der Waals surface area contributed by atoms with Crippen LogP contribution < -0.4 is 14.8 Å². The van der Waals surface area contributed by atoms with E-state index in [-0.39, 0.29) is 18.6 Å². The Balaban J connectivity index is 1.58. The molecule has 0 aromatic heterocycles. The Morgan fingerprint density at radius 1 is 1.09 bits per heavy atom. The average Bonchev–Trinajstić information content (AvgIpc) is 2.83. The Kier molecular flexibility index (Phi) is 7.16. The number of hydrogen-bond acceptors (Lipinski definition) is 4. The number of ether oxygens (including phenoxy) is 1. The maximum absolute atomic E-state index is 13.1. The van der Waals surface area contributed by atoms with Gasteiger partial charge >= 0.3 is 0 Å². The minimum atomic E-state index is -1.41. The molecular formula is C27H30N2O4S. The molecule has 1 heterocycles. The summed E-state index contributed by atoms with van der Waals surface area (Å²) in [5.74, 6) is 0.406. The Morgan fingerprint density at radius 3 is 2.56 bits per heavy atom. The SMILES string of the molecule is CCc1ccc(S(=O)N[C@H]2CC(C)(C)Oc3ccc(C(=O)Nc4cccc(CO)c4)cc32)cc1. The minimum absolute atomic E-state index is 0.0959. The standard InChI is InChI=1S/C27H30N2O4S/c1-4-18-8-11-22(12-9-18)34(32)29-24-16-27(2,3)33-25-13-10-20(15-23(24)25)26(31)28-21-7-5-6-19(14-21)17-30/h5-15,24,29-30H,4,16-17H2,1-3H3,(H,28,31)/t24-,34?/m0/s1. The molecule has 0 saturated heterocycles. The van der Waals surface area contributed by atoms with Gasteiger partial charge in [-0.2, -0.15) is 0 Å². The monoisotopic (exact) mass is 478 g/mol. The molecule has 7 heteroatoms. The molecule has 1 unspecified atom stereocenters. The van der Waals surface area contributed by atoms with E-state index in [0.29, 0.717) is 28.3 Å². The molecule has 0 bridgehead atoms. The Labute approximate surface area is 203 Å². The van der Waals surface area contributed by atoms with Gasteiger partial charge in [-0.3, -0.25) is 4.79 Å². The summed E-state index contributed by atoms with van der Waals surface area (Å²) < 4.78 is 22.5. The van der Waals surface area contributed by atoms with Crippen LogP contribution in [0.3, 0.4) is 0 Å². The molecule has 2 atom stereocenters. The Hall–Kier alpha value is -3.00. The van der Waals surface area contributed by atoms with Crippen molar-refractivity contribution < 1.29 is 18.8 Å². The second-order valence-corrected chi connectivity index (χ2v) is 10.3. The summed E-state index contributed by atoms with van der Waals surface area (Å²) in [6.07, 6.45) is 1.53. The molecule has 6 nitrogen and oxygen atoms in total. The van der Waals surface area contributed by atoms with Crippen LogP contribution in [-0.2, 0) is 24.0 Å². The van der Waals surface area contributed by atoms with Crippen LogP contribution in [0.5, 0.6) is 5.75 Å². The first-order valence-electron chi connectivity index (χ1n) is 11.4. The second-order valence-electron chi connectivity index (χ2n) is 9.07. The van der Waals surface area contributed by atoms with Gasteiger partial charge < -0.3 is 15.2 Å². The smallest absolute Gasteiger partial charge is 0.255 e. The van der Waals surface area contributed by atoms with E-state index in [9.17, 15) is 14.1 Å². The van der Waals surface area contributed by atoms with E-state index < -0.39 is 16.6 Å². The molecule has 0 aliphatic carbocycles. The highest BCUT2D eigenvalue weighted by Gasteiger charge is 2.35. The summed E-state index contributed by atoms with van der Waals surface area (Å²) >= 11 is 0. The number of rotatable bonds is 7. The number of anilines is 1. The van der Waals surface area contributed by atoms with Crippen molar-refractivity contribution in [2.24, 2.45) is 0 Å². The maximum Gasteiger partial charge on any atom is 0.255 e. The van der Waals surface area contributed by atoms with Crippen LogP contribution in [0.2, 0.25) is 0 Å². The molecule has 1 aliphatic heterocycles. The lowest BCUT2D eigenvalue weighted by Gasteiger charge is -2.38. The predicted octanol–water partition coefficient (Wildman–Crippen LogP) is 4.91. The number of benzene rings is 3. The van der Waals surface area contributed by atoms with Crippen molar-refractivity contribution in [2.45, 2.75) is 56.8 Å². The average molecular weight is 479 g/mol. The summed E-state index contributed by atoms with van der Waals surface area (Å²) in [6, 6.07) is 19.9. The van der Waals surface area contributed by atoms with Crippen LogP contribution in [-0.4, -0.2) is 20.8 Å². The van der Waals surface area contributed by atoms with Crippen molar-refractivity contribution in [3.63, 3.8) is 0 Å². The van der Waals surface area contributed by atoms with E-state index in [0.717, 1.165) is 17.5 Å². The molecule has 0 radical (unpaired) electrons. The van der Waals surface area contributed by atoms with Crippen LogP contribution in [0.1, 0.15) is 60.3 Å². The molecule has 4 rings (SSSR count). The quantitative estimate of drug-likeness (QED) is 0.450. The second kappa shape index (κ2) is 10.1. The van der Waals surface area contributed by atoms with Crippen LogP contribution in [0.25, 0.3) is 0 Å². The normalized spacial score (nSPS) is 17.4. The van der Waals surface area contributed by atoms with Gasteiger partial charge in [0, 0.05) is 23.2 Å². The van der Waals surface area contributed by atoms with Gasteiger partial charge in [-0.05, 0) is 73.9 Å². The lowest BCUT2D eigenvalue weighted by atomic mass is 9.89. The third kappa shape index (κ3) is 5.55. The highest BCUT2D eigenvalue weighted by Crippen LogP contribution is 2.40. The molecule has 3 aromatic carbocycles. The first kappa shape index (κ1) is 24.1. The minimum Gasteiger partial charge on any atom is -0.487 e. The highest BCUT2D eigenvalue weighted by molar-refractivity contribution is 7.83. The maximum atomic E-state index is 13.1. The van der Waals surface area contributed by atoms with Crippen LogP contribution >= 0.6 is 0 Å². The van der Waals surface area contributed by atoms with E-state index in [4.69, 9.17) is 4.74 Å². The van der Waals surface area contributed by atoms with Crippen LogP contribution in [0, 0.1) is 0 Å². The number of carbonyl (C=O) groups is 1. The highest BCUT2D eigenvalue weighted by atomic mass is 32.2. The van der Waals surface area contributed by atoms with E-state index in [1.54, 1.807) is 42.5 Å². The van der Waals surface area contributed by atoms with Crippen molar-refractivity contribution in [1.29, 1.82) is 0 Å². The topological polar surface area (TPSA) is 87.7 Å². The van der Waals surface area contributed by atoms with Crippen molar-refractivity contribution in [2.75, 3.05) is 5.32 Å². The molecule has 3 aromatic rings. The molecule has 178 valence electrons. The van der Waals surface area contributed by atoms with Crippen LogP contribution in [0.4, 0.5) is 5.69 Å². The first-order chi connectivity index (χ1) is 16.3. The van der Waals surface area contributed by atoms with E-state index in [1.807, 2.05) is 38.1 Å². The van der Waals surface area contributed by atoms with Gasteiger partial charge in [-0.1, -0.05) is 31.2 Å². The van der Waals surface area contributed by atoms with Gasteiger partial charge in [0.05, 0.1) is 17.5 Å². The number of carbonyl (C=O) groups excluding carboxylic acids is 1. The number of hydrogen-bond donors (Lipinski definition) is 3. The fraction of sp³-hybridized carbons (Fsp3) is 0.296. The Morgan fingerprint density at radius 2 is 1.85 bits per heavy atom. The van der Waals surface area contributed by atoms with Crippen molar-refractivity contribution in [3.05, 3.63) is 89.0 Å². The number of nitrogens with one attached hydrogen (secondary N) is 2. The number of fused-ring (bicyclic) bond motifs is 1. The van der Waals surface area contributed by atoms with E-state index in [2.05, 4.69) is 17.0 Å². The lowest BCUT2D eigenvalue weighted by Crippen LogP contribution is -2.40. The molecule has 0 fully saturated rings. The molecule has 3 N–H and O–H groups in total. The van der Waals surface area contributed by atoms with Gasteiger partial charge in [0.15, 0.2) is 0 Å². The van der Waals surface area contributed by atoms with Crippen molar-refractivity contribution in [3.8, 4) is 5.75 Å². The van der Waals surface area contributed by atoms with Gasteiger partial charge in [0.25, 0.3) is 5.91 Å². The molecule has 34 heavy (non-hydrogen) atoms. The lowest BCUT2D eigenvalue weighted by molar-refractivity contribution is 0.0703. The molecular weight excluding hydrogens is 448 g/mol. The molecule has 1 aliphatic rings. The van der Waals surface area contributed by atoms with E-state index >= 15 is 0 Å². The van der Waals surface area contributed by atoms with Gasteiger partial charge in [-0.25, -0.2) is 8.93 Å². The molecule has 0 saturated carbocycles. The van der Waals surface area contributed by atoms with Crippen molar-refractivity contribution in [1.82, 2.24) is 4.72 Å². The summed E-state index contributed by atoms with van der Waals surface area (Å²) in [6.45, 7) is 5.99. The number of aliphatic hydroxyl groups is 1. The summed E-state index contributed by atoms with van der Waals surface area (Å²) in [4.78, 5) is 13.7. The fourth-order valence-corrected chi connectivity index (χ4v) is 5.09. The van der Waals surface area contributed by atoms with Crippen LogP contribution in [0.15, 0.2) is 71.6 Å². The zero-order valence-electron chi connectivity index (χ0n) is 19.6. The summed E-state index contributed by atoms with van der Waals surface area (Å²) in [7, 11) is -1.41. The summed E-state index contributed by atoms with van der Waals surface area (Å²) in [5, 5.41) is 12.2. The van der Waals surface area contributed by atoms with Gasteiger partial charge in [0.2, 0.25) is 0 Å². The third-order valence-electron chi connectivity index (χ3n) is 5.89. The number of amides is 1. The predicted molar refractivity (Wildman–Crippen MR) is 134 cm³/mol. The molecule has 1 amide bonds.